The Hall–Kier alpha value is -1.62. The Kier molecular flexibility index (Phi) is 3.58. The van der Waals surface area contributed by atoms with Gasteiger partial charge in [0.05, 0.1) is 26.5 Å². The predicted octanol–water partition coefficient (Wildman–Crippen LogP) is 1.73. The molecule has 0 aliphatic carbocycles. The minimum Gasteiger partial charge on any atom is -0.497 e. The van der Waals surface area contributed by atoms with E-state index in [-0.39, 0.29) is 0 Å². The molecular formula is C11H14ClN3O2. The van der Waals surface area contributed by atoms with Gasteiger partial charge in [-0.2, -0.15) is 0 Å². The van der Waals surface area contributed by atoms with Crippen LogP contribution >= 0.6 is 11.6 Å². The lowest BCUT2D eigenvalue weighted by molar-refractivity contribution is 0.395. The van der Waals surface area contributed by atoms with E-state index in [1.54, 1.807) is 26.4 Å². The highest BCUT2D eigenvalue weighted by molar-refractivity contribution is 6.35. The van der Waals surface area contributed by atoms with Gasteiger partial charge in [0.1, 0.15) is 16.5 Å². The van der Waals surface area contributed by atoms with Crippen molar-refractivity contribution in [1.29, 1.82) is 0 Å². The molecule has 0 saturated carbocycles. The highest BCUT2D eigenvalue weighted by atomic mass is 35.5. The number of hydrogen-bond acceptors (Lipinski definition) is 5. The van der Waals surface area contributed by atoms with Crippen LogP contribution in [0, 0.1) is 0 Å². The number of rotatable bonds is 3. The number of anilines is 1. The maximum atomic E-state index is 6.19. The summed E-state index contributed by atoms with van der Waals surface area (Å²) in [6, 6.07) is 3.53. The summed E-state index contributed by atoms with van der Waals surface area (Å²) in [6.45, 7) is 1.60. The van der Waals surface area contributed by atoms with Crippen LogP contribution < -0.4 is 20.1 Å². The number of ether oxygens (including phenoxy) is 2. The SMILES string of the molecule is COc1cc(NC2=NCCN2)c(Cl)c(OC)c1. The number of guanidine groups is 1. The van der Waals surface area contributed by atoms with Gasteiger partial charge in [0, 0.05) is 18.7 Å². The Morgan fingerprint density at radius 1 is 1.35 bits per heavy atom. The van der Waals surface area contributed by atoms with Crippen molar-refractivity contribution in [3.63, 3.8) is 0 Å². The van der Waals surface area contributed by atoms with E-state index in [4.69, 9.17) is 21.1 Å². The van der Waals surface area contributed by atoms with Crippen molar-refractivity contribution >= 4 is 23.2 Å². The summed E-state index contributed by atoms with van der Waals surface area (Å²) in [5.74, 6) is 1.95. The lowest BCUT2D eigenvalue weighted by atomic mass is 10.2. The van der Waals surface area contributed by atoms with E-state index in [2.05, 4.69) is 15.6 Å². The largest absolute Gasteiger partial charge is 0.497 e. The summed E-state index contributed by atoms with van der Waals surface area (Å²) in [5, 5.41) is 6.72. The van der Waals surface area contributed by atoms with Crippen molar-refractivity contribution in [2.75, 3.05) is 32.6 Å². The summed E-state index contributed by atoms with van der Waals surface area (Å²) in [5.41, 5.74) is 0.705. The van der Waals surface area contributed by atoms with Crippen LogP contribution in [-0.4, -0.2) is 33.3 Å². The molecule has 1 aliphatic rings. The summed E-state index contributed by atoms with van der Waals surface area (Å²) in [6.07, 6.45) is 0. The van der Waals surface area contributed by atoms with E-state index in [9.17, 15) is 0 Å². The molecule has 0 spiro atoms. The first kappa shape index (κ1) is 11.9. The average Bonchev–Trinajstić information content (AvgIpc) is 2.84. The van der Waals surface area contributed by atoms with Crippen LogP contribution in [0.1, 0.15) is 0 Å². The molecule has 0 radical (unpaired) electrons. The fourth-order valence-electron chi connectivity index (χ4n) is 1.54. The maximum absolute atomic E-state index is 6.19. The molecule has 2 N–H and O–H groups in total. The molecule has 0 aromatic heterocycles. The Bertz CT molecular complexity index is 449. The molecule has 2 rings (SSSR count). The second-order valence-corrected chi connectivity index (χ2v) is 3.85. The maximum Gasteiger partial charge on any atom is 0.195 e. The molecule has 0 amide bonds. The van der Waals surface area contributed by atoms with E-state index in [0.29, 0.717) is 28.2 Å². The molecule has 0 unspecified atom stereocenters. The van der Waals surface area contributed by atoms with Gasteiger partial charge in [0.25, 0.3) is 0 Å². The first-order valence-corrected chi connectivity index (χ1v) is 5.59. The smallest absolute Gasteiger partial charge is 0.195 e. The van der Waals surface area contributed by atoms with Crippen molar-refractivity contribution in [3.8, 4) is 11.5 Å². The van der Waals surface area contributed by atoms with Crippen molar-refractivity contribution < 1.29 is 9.47 Å². The molecule has 6 heteroatoms. The number of nitrogens with one attached hydrogen (secondary N) is 2. The lowest BCUT2D eigenvalue weighted by Crippen LogP contribution is -2.26. The van der Waals surface area contributed by atoms with Gasteiger partial charge in [0.2, 0.25) is 0 Å². The Balaban J connectivity index is 2.30. The van der Waals surface area contributed by atoms with Gasteiger partial charge in [-0.25, -0.2) is 0 Å². The van der Waals surface area contributed by atoms with Crippen molar-refractivity contribution in [1.82, 2.24) is 5.32 Å². The quantitative estimate of drug-likeness (QED) is 0.864. The second-order valence-electron chi connectivity index (χ2n) is 3.47. The molecule has 0 fully saturated rings. The lowest BCUT2D eigenvalue weighted by Gasteiger charge is -2.13. The molecule has 0 bridgehead atoms. The summed E-state index contributed by atoms with van der Waals surface area (Å²) < 4.78 is 10.4. The van der Waals surface area contributed by atoms with Gasteiger partial charge in [-0.1, -0.05) is 11.6 Å². The third-order valence-electron chi connectivity index (χ3n) is 2.40. The standard InChI is InChI=1S/C11H14ClN3O2/c1-16-7-5-8(10(12)9(6-7)17-2)15-11-13-3-4-14-11/h5-6H,3-4H2,1-2H3,(H2,13,14,15). The number of methoxy groups -OCH3 is 2. The normalized spacial score (nSPS) is 13.9. The van der Waals surface area contributed by atoms with E-state index in [1.807, 2.05) is 0 Å². The van der Waals surface area contributed by atoms with E-state index < -0.39 is 0 Å². The molecule has 1 heterocycles. The molecule has 0 saturated heterocycles. The highest BCUT2D eigenvalue weighted by Gasteiger charge is 2.13. The highest BCUT2D eigenvalue weighted by Crippen LogP contribution is 2.36. The third-order valence-corrected chi connectivity index (χ3v) is 2.79. The minimum atomic E-state index is 0.504. The number of halogens is 1. The fourth-order valence-corrected chi connectivity index (χ4v) is 1.77. The van der Waals surface area contributed by atoms with Crippen molar-refractivity contribution in [2.45, 2.75) is 0 Å². The molecule has 0 atom stereocenters. The molecule has 1 aliphatic heterocycles. The number of aliphatic imine (C=N–C) groups is 1. The third kappa shape index (κ3) is 2.55. The minimum absolute atomic E-state index is 0.504. The zero-order chi connectivity index (χ0) is 12.3. The van der Waals surface area contributed by atoms with Crippen LogP contribution in [0.25, 0.3) is 0 Å². The number of nitrogens with zero attached hydrogens (tertiary/aromatic N) is 1. The van der Waals surface area contributed by atoms with Crippen LogP contribution in [0.5, 0.6) is 11.5 Å². The number of benzene rings is 1. The summed E-state index contributed by atoms with van der Waals surface area (Å²) >= 11 is 6.19. The van der Waals surface area contributed by atoms with E-state index in [1.165, 1.54) is 0 Å². The van der Waals surface area contributed by atoms with Crippen molar-refractivity contribution in [3.05, 3.63) is 17.2 Å². The molecular weight excluding hydrogens is 242 g/mol. The summed E-state index contributed by atoms with van der Waals surface area (Å²) in [7, 11) is 3.16. The van der Waals surface area contributed by atoms with E-state index in [0.717, 1.165) is 13.1 Å². The Morgan fingerprint density at radius 3 is 2.76 bits per heavy atom. The monoisotopic (exact) mass is 255 g/mol. The Labute approximate surface area is 105 Å². The van der Waals surface area contributed by atoms with Crippen LogP contribution in [0.15, 0.2) is 17.1 Å². The van der Waals surface area contributed by atoms with Gasteiger partial charge in [-0.05, 0) is 0 Å². The number of hydrogen-bond donors (Lipinski definition) is 2. The topological polar surface area (TPSA) is 54.9 Å². The average molecular weight is 256 g/mol. The van der Waals surface area contributed by atoms with Gasteiger partial charge in [0.15, 0.2) is 5.96 Å². The molecule has 1 aromatic rings. The van der Waals surface area contributed by atoms with Crippen LogP contribution in [-0.2, 0) is 0 Å². The first-order chi connectivity index (χ1) is 8.24. The second kappa shape index (κ2) is 5.14. The van der Waals surface area contributed by atoms with Crippen LogP contribution in [0.3, 0.4) is 0 Å². The zero-order valence-electron chi connectivity index (χ0n) is 9.71. The zero-order valence-corrected chi connectivity index (χ0v) is 10.5. The van der Waals surface area contributed by atoms with Gasteiger partial charge in [-0.15, -0.1) is 0 Å². The van der Waals surface area contributed by atoms with Crippen LogP contribution in [0.4, 0.5) is 5.69 Å². The molecule has 5 nitrogen and oxygen atoms in total. The fraction of sp³-hybridized carbons (Fsp3) is 0.364. The van der Waals surface area contributed by atoms with Crippen molar-refractivity contribution in [2.24, 2.45) is 4.99 Å². The molecule has 17 heavy (non-hydrogen) atoms. The van der Waals surface area contributed by atoms with E-state index >= 15 is 0 Å². The predicted molar refractivity (Wildman–Crippen MR) is 68.5 cm³/mol. The van der Waals surface area contributed by atoms with Gasteiger partial charge >= 0.3 is 0 Å². The molecule has 92 valence electrons. The molecule has 1 aromatic carbocycles. The van der Waals surface area contributed by atoms with Gasteiger partial charge in [-0.3, -0.25) is 4.99 Å². The van der Waals surface area contributed by atoms with Gasteiger partial charge < -0.3 is 20.1 Å². The Morgan fingerprint density at radius 2 is 2.18 bits per heavy atom. The summed E-state index contributed by atoms with van der Waals surface area (Å²) in [4.78, 5) is 4.24. The first-order valence-electron chi connectivity index (χ1n) is 5.21. The van der Waals surface area contributed by atoms with Crippen LogP contribution in [0.2, 0.25) is 5.02 Å².